The quantitative estimate of drug-likeness (QED) is 0.273. The van der Waals surface area contributed by atoms with Crippen molar-refractivity contribution < 1.29 is 28.7 Å². The molecule has 1 unspecified atom stereocenters. The molecule has 2 fully saturated rings. The summed E-state index contributed by atoms with van der Waals surface area (Å²) in [5.41, 5.74) is 0. The van der Waals surface area contributed by atoms with Gasteiger partial charge in [0, 0.05) is 4.92 Å². The molecular weight excluding hydrogens is 320 g/mol. The third-order valence-corrected chi connectivity index (χ3v) is 4.13. The van der Waals surface area contributed by atoms with Gasteiger partial charge >= 0.3 is 17.7 Å². The van der Waals surface area contributed by atoms with Gasteiger partial charge in [-0.25, -0.2) is 9.78 Å². The van der Waals surface area contributed by atoms with E-state index in [9.17, 15) is 14.9 Å². The smallest absolute Gasteiger partial charge is 0.434 e. The van der Waals surface area contributed by atoms with E-state index >= 15 is 0 Å². The lowest BCUT2D eigenvalue weighted by Crippen LogP contribution is -3.15. The van der Waals surface area contributed by atoms with Gasteiger partial charge in [0.15, 0.2) is 12.3 Å². The Morgan fingerprint density at radius 3 is 3.00 bits per heavy atom. The van der Waals surface area contributed by atoms with E-state index in [4.69, 9.17) is 9.47 Å². The van der Waals surface area contributed by atoms with E-state index in [0.29, 0.717) is 12.4 Å². The van der Waals surface area contributed by atoms with Gasteiger partial charge in [0.25, 0.3) is 0 Å². The first kappa shape index (κ1) is 16.3. The van der Waals surface area contributed by atoms with E-state index in [1.54, 1.807) is 7.05 Å². The van der Waals surface area contributed by atoms with Gasteiger partial charge in [-0.3, -0.25) is 0 Å². The van der Waals surface area contributed by atoms with E-state index in [2.05, 4.69) is 10.1 Å². The second kappa shape index (κ2) is 6.93. The van der Waals surface area contributed by atoms with E-state index in [1.165, 1.54) is 26.9 Å². The number of hydrogen-bond donors (Lipinski definition) is 2. The molecule has 0 aromatic carbocycles. The molecule has 1 aromatic heterocycles. The van der Waals surface area contributed by atoms with Gasteiger partial charge in [-0.1, -0.05) is 0 Å². The molecule has 0 aliphatic carbocycles. The van der Waals surface area contributed by atoms with E-state index in [1.807, 2.05) is 0 Å². The van der Waals surface area contributed by atoms with Crippen LogP contribution in [0.5, 0.6) is 0 Å². The monoisotopic (exact) mass is 340 g/mol. The first-order chi connectivity index (χ1) is 11.5. The summed E-state index contributed by atoms with van der Waals surface area (Å²) in [6, 6.07) is 0. The van der Waals surface area contributed by atoms with Crippen molar-refractivity contribution in [1.29, 1.82) is 0 Å². The molecule has 0 radical (unpaired) electrons. The average molecular weight is 340 g/mol. The lowest BCUT2D eigenvalue weighted by molar-refractivity contribution is -0.910. The topological polar surface area (TPSA) is 118 Å². The molecule has 2 saturated heterocycles. The molecular formula is C13H20N6O5+2. The number of rotatable bonds is 5. The molecule has 3 rings (SSSR count). The number of cyclic esters (lactones) is 1. The zero-order valence-electron chi connectivity index (χ0n) is 13.3. The van der Waals surface area contributed by atoms with Crippen LogP contribution in [0.2, 0.25) is 0 Å². The predicted octanol–water partition coefficient (Wildman–Crippen LogP) is -2.18. The van der Waals surface area contributed by atoms with Crippen molar-refractivity contribution in [2.75, 3.05) is 39.4 Å². The number of morpholine rings is 1. The van der Waals surface area contributed by atoms with Gasteiger partial charge in [-0.2, -0.15) is 10.1 Å². The Morgan fingerprint density at radius 1 is 1.58 bits per heavy atom. The number of quaternary nitrogens is 1. The minimum atomic E-state index is -0.507. The summed E-state index contributed by atoms with van der Waals surface area (Å²) in [4.78, 5) is 26.3. The molecule has 0 spiro atoms. The summed E-state index contributed by atoms with van der Waals surface area (Å²) in [6.45, 7) is 4.34. The SMILES string of the molecule is C[n+]1c([N+](=O)[O-])c[nH]c1C=NN1CC(C[NH+]2CCOCC2)OC1=O. The number of hydrazone groups is 1. The lowest BCUT2D eigenvalue weighted by Gasteiger charge is -2.25. The van der Waals surface area contributed by atoms with Gasteiger partial charge in [-0.15, -0.1) is 4.57 Å². The van der Waals surface area contributed by atoms with Crippen LogP contribution < -0.4 is 9.47 Å². The number of hydrogen-bond acceptors (Lipinski definition) is 6. The molecule has 0 bridgehead atoms. The van der Waals surface area contributed by atoms with Crippen LogP contribution in [-0.2, 0) is 16.5 Å². The molecule has 24 heavy (non-hydrogen) atoms. The summed E-state index contributed by atoms with van der Waals surface area (Å²) in [5.74, 6) is 0.325. The lowest BCUT2D eigenvalue weighted by atomic mass is 10.3. The highest BCUT2D eigenvalue weighted by Crippen LogP contribution is 2.10. The molecule has 1 atom stereocenters. The van der Waals surface area contributed by atoms with Crippen LogP contribution in [0.3, 0.4) is 0 Å². The van der Waals surface area contributed by atoms with Crippen molar-refractivity contribution in [1.82, 2.24) is 9.99 Å². The summed E-state index contributed by atoms with van der Waals surface area (Å²) < 4.78 is 12.0. The number of carbonyl (C=O) groups is 1. The fourth-order valence-corrected chi connectivity index (χ4v) is 2.77. The summed E-state index contributed by atoms with van der Waals surface area (Å²) in [6.07, 6.45) is 1.93. The standard InChI is InChI=1S/C13H18N6O5/c1-16-11(14-7-12(16)19(21)22)6-15-18-9-10(24-13(18)20)8-17-2-4-23-5-3-17/h6-7,10H,2-5,8-9H2,1H3/p+2. The summed E-state index contributed by atoms with van der Waals surface area (Å²) in [5, 5.41) is 16.1. The Balaban J connectivity index is 1.59. The average Bonchev–Trinajstić information content (AvgIpc) is 3.09. The van der Waals surface area contributed by atoms with Crippen LogP contribution in [-0.4, -0.2) is 72.7 Å². The van der Waals surface area contributed by atoms with Crippen LogP contribution >= 0.6 is 0 Å². The third kappa shape index (κ3) is 3.51. The van der Waals surface area contributed by atoms with Crippen LogP contribution in [0.25, 0.3) is 0 Å². The van der Waals surface area contributed by atoms with Crippen molar-refractivity contribution in [2.45, 2.75) is 6.10 Å². The van der Waals surface area contributed by atoms with Crippen LogP contribution in [0.15, 0.2) is 11.3 Å². The molecule has 1 aromatic rings. The van der Waals surface area contributed by atoms with Gasteiger partial charge in [0.05, 0.1) is 19.8 Å². The number of imidazole rings is 1. The van der Waals surface area contributed by atoms with Crippen LogP contribution in [0, 0.1) is 10.1 Å². The Kier molecular flexibility index (Phi) is 4.71. The van der Waals surface area contributed by atoms with Crippen molar-refractivity contribution >= 4 is 18.1 Å². The van der Waals surface area contributed by atoms with Crippen molar-refractivity contribution in [2.24, 2.45) is 12.1 Å². The van der Waals surface area contributed by atoms with E-state index in [0.717, 1.165) is 32.8 Å². The molecule has 130 valence electrons. The molecule has 11 nitrogen and oxygen atoms in total. The third-order valence-electron chi connectivity index (χ3n) is 4.13. The number of aromatic amines is 1. The van der Waals surface area contributed by atoms with Gasteiger partial charge in [0.1, 0.15) is 26.7 Å². The Morgan fingerprint density at radius 2 is 2.33 bits per heavy atom. The van der Waals surface area contributed by atoms with E-state index in [-0.39, 0.29) is 11.9 Å². The molecule has 2 N–H and O–H groups in total. The number of H-pyrrole nitrogens is 1. The Bertz CT molecular complexity index is 653. The summed E-state index contributed by atoms with van der Waals surface area (Å²) >= 11 is 0. The van der Waals surface area contributed by atoms with E-state index < -0.39 is 11.0 Å². The second-order valence-corrected chi connectivity index (χ2v) is 5.75. The number of nitrogens with one attached hydrogen (secondary N) is 2. The molecule has 11 heteroatoms. The number of nitrogens with zero attached hydrogens (tertiary/aromatic N) is 4. The first-order valence-corrected chi connectivity index (χ1v) is 7.70. The zero-order chi connectivity index (χ0) is 17.1. The number of amides is 1. The minimum Gasteiger partial charge on any atom is -0.437 e. The Hall–Kier alpha value is -2.53. The minimum absolute atomic E-state index is 0.0887. The number of aromatic nitrogens is 2. The van der Waals surface area contributed by atoms with Crippen LogP contribution in [0.4, 0.5) is 10.6 Å². The fraction of sp³-hybridized carbons (Fsp3) is 0.615. The molecule has 1 amide bonds. The van der Waals surface area contributed by atoms with Crippen LogP contribution in [0.1, 0.15) is 5.82 Å². The second-order valence-electron chi connectivity index (χ2n) is 5.75. The summed E-state index contributed by atoms with van der Waals surface area (Å²) in [7, 11) is 1.54. The Labute approximate surface area is 137 Å². The molecule has 3 heterocycles. The zero-order valence-corrected chi connectivity index (χ0v) is 13.3. The predicted molar refractivity (Wildman–Crippen MR) is 79.6 cm³/mol. The molecule has 2 aliphatic heterocycles. The maximum atomic E-state index is 11.9. The number of ether oxygens (including phenoxy) is 2. The maximum absolute atomic E-state index is 11.9. The van der Waals surface area contributed by atoms with Gasteiger partial charge in [0.2, 0.25) is 6.20 Å². The molecule has 0 saturated carbocycles. The highest BCUT2D eigenvalue weighted by Gasteiger charge is 2.35. The van der Waals surface area contributed by atoms with Crippen molar-refractivity contribution in [3.05, 3.63) is 22.1 Å². The largest absolute Gasteiger partial charge is 0.437 e. The highest BCUT2D eigenvalue weighted by atomic mass is 16.6. The van der Waals surface area contributed by atoms with Crippen molar-refractivity contribution in [3.63, 3.8) is 0 Å². The molecule has 2 aliphatic rings. The highest BCUT2D eigenvalue weighted by molar-refractivity contribution is 5.76. The van der Waals surface area contributed by atoms with Gasteiger partial charge < -0.3 is 24.5 Å². The van der Waals surface area contributed by atoms with Crippen molar-refractivity contribution in [3.8, 4) is 0 Å². The normalized spacial score (nSPS) is 22.3. The number of nitro groups is 1. The first-order valence-electron chi connectivity index (χ1n) is 7.70. The fourth-order valence-electron chi connectivity index (χ4n) is 2.77. The number of carbonyl (C=O) groups excluding carboxylic acids is 1. The maximum Gasteiger partial charge on any atom is 0.434 e. The van der Waals surface area contributed by atoms with Gasteiger partial charge in [-0.05, 0) is 0 Å².